The number of aromatic amines is 2. The third-order valence-corrected chi connectivity index (χ3v) is 3.40. The maximum atomic E-state index is 11.9. The minimum absolute atomic E-state index is 0.309. The van der Waals surface area contributed by atoms with Gasteiger partial charge in [0.2, 0.25) is 0 Å². The summed E-state index contributed by atoms with van der Waals surface area (Å²) in [4.78, 5) is 31.8. The Kier molecular flexibility index (Phi) is 2.14. The molecule has 0 amide bonds. The van der Waals surface area contributed by atoms with Crippen LogP contribution in [-0.4, -0.2) is 29.8 Å². The van der Waals surface area contributed by atoms with Crippen LogP contribution >= 0.6 is 0 Å². The molecule has 0 aromatic carbocycles. The molecule has 1 aliphatic rings. The van der Waals surface area contributed by atoms with Gasteiger partial charge in [-0.1, -0.05) is 0 Å². The van der Waals surface area contributed by atoms with Gasteiger partial charge in [-0.2, -0.15) is 0 Å². The zero-order valence-corrected chi connectivity index (χ0v) is 10.3. The van der Waals surface area contributed by atoms with E-state index in [1.54, 1.807) is 0 Å². The van der Waals surface area contributed by atoms with E-state index in [9.17, 15) is 9.59 Å². The molecule has 100 valence electrons. The topological polar surface area (TPSA) is 109 Å². The first-order valence-electron chi connectivity index (χ1n) is 6.26. The van der Waals surface area contributed by atoms with Crippen LogP contribution in [0.4, 0.5) is 0 Å². The quantitative estimate of drug-likeness (QED) is 0.683. The van der Waals surface area contributed by atoms with Crippen molar-refractivity contribution in [1.82, 2.24) is 29.8 Å². The predicted molar refractivity (Wildman–Crippen MR) is 69.4 cm³/mol. The standard InChI is InChI=1S/C12H10N6O2/c19-11-8(4-13-12(20)16-11)9-3-7(6-1-2-6)10-14-5-15-18(10)17-9/h3-6H,1-2H2,(H2,13,16,19,20). The average molecular weight is 270 g/mol. The summed E-state index contributed by atoms with van der Waals surface area (Å²) >= 11 is 0. The molecule has 4 rings (SSSR count). The van der Waals surface area contributed by atoms with Gasteiger partial charge >= 0.3 is 5.69 Å². The van der Waals surface area contributed by atoms with Crippen LogP contribution in [0.25, 0.3) is 16.9 Å². The number of hydrogen-bond acceptors (Lipinski definition) is 5. The normalized spacial score (nSPS) is 14.8. The molecule has 0 radical (unpaired) electrons. The van der Waals surface area contributed by atoms with E-state index in [4.69, 9.17) is 0 Å². The third kappa shape index (κ3) is 1.65. The molecule has 3 heterocycles. The van der Waals surface area contributed by atoms with Gasteiger partial charge in [0.1, 0.15) is 12.0 Å². The fourth-order valence-electron chi connectivity index (χ4n) is 2.27. The molecule has 0 atom stereocenters. The Morgan fingerprint density at radius 3 is 2.90 bits per heavy atom. The summed E-state index contributed by atoms with van der Waals surface area (Å²) in [5, 5.41) is 8.30. The van der Waals surface area contributed by atoms with Crippen LogP contribution in [0.3, 0.4) is 0 Å². The summed E-state index contributed by atoms with van der Waals surface area (Å²) < 4.78 is 1.42. The molecule has 0 bridgehead atoms. The zero-order chi connectivity index (χ0) is 13.7. The second-order valence-electron chi connectivity index (χ2n) is 4.82. The van der Waals surface area contributed by atoms with E-state index in [1.807, 2.05) is 6.07 Å². The lowest BCUT2D eigenvalue weighted by atomic mass is 10.1. The number of rotatable bonds is 2. The van der Waals surface area contributed by atoms with E-state index >= 15 is 0 Å². The first-order valence-corrected chi connectivity index (χ1v) is 6.26. The smallest absolute Gasteiger partial charge is 0.313 e. The molecule has 0 aliphatic heterocycles. The highest BCUT2D eigenvalue weighted by molar-refractivity contribution is 5.62. The van der Waals surface area contributed by atoms with E-state index in [1.165, 1.54) is 17.2 Å². The lowest BCUT2D eigenvalue weighted by molar-refractivity contribution is 0.794. The first-order chi connectivity index (χ1) is 9.72. The van der Waals surface area contributed by atoms with Gasteiger partial charge < -0.3 is 4.98 Å². The highest BCUT2D eigenvalue weighted by Crippen LogP contribution is 2.42. The number of fused-ring (bicyclic) bond motifs is 1. The largest absolute Gasteiger partial charge is 0.325 e. The van der Waals surface area contributed by atoms with Crippen LogP contribution in [0.15, 0.2) is 28.2 Å². The highest BCUT2D eigenvalue weighted by atomic mass is 16.2. The van der Waals surface area contributed by atoms with Gasteiger partial charge in [0.25, 0.3) is 5.56 Å². The lowest BCUT2D eigenvalue weighted by Gasteiger charge is -2.04. The molecule has 1 fully saturated rings. The molecule has 3 aromatic rings. The molecule has 8 heteroatoms. The summed E-state index contributed by atoms with van der Waals surface area (Å²) in [6.45, 7) is 0. The average Bonchev–Trinajstić information content (AvgIpc) is 3.15. The van der Waals surface area contributed by atoms with Gasteiger partial charge in [-0.05, 0) is 24.8 Å². The van der Waals surface area contributed by atoms with Gasteiger partial charge in [-0.25, -0.2) is 9.78 Å². The summed E-state index contributed by atoms with van der Waals surface area (Å²) in [5.74, 6) is 0.449. The number of hydrogen-bond donors (Lipinski definition) is 2. The number of nitrogens with one attached hydrogen (secondary N) is 2. The van der Waals surface area contributed by atoms with E-state index in [2.05, 4.69) is 25.1 Å². The Balaban J connectivity index is 1.99. The highest BCUT2D eigenvalue weighted by Gasteiger charge is 2.28. The minimum Gasteiger partial charge on any atom is -0.313 e. The van der Waals surface area contributed by atoms with Crippen molar-refractivity contribution in [2.45, 2.75) is 18.8 Å². The lowest BCUT2D eigenvalue weighted by Crippen LogP contribution is -2.23. The number of aromatic nitrogens is 6. The fourth-order valence-corrected chi connectivity index (χ4v) is 2.27. The maximum absolute atomic E-state index is 11.9. The van der Waals surface area contributed by atoms with Crippen molar-refractivity contribution in [3.63, 3.8) is 0 Å². The zero-order valence-electron chi connectivity index (χ0n) is 10.3. The van der Waals surface area contributed by atoms with Crippen molar-refractivity contribution >= 4 is 5.65 Å². The Morgan fingerprint density at radius 2 is 2.15 bits per heavy atom. The molecule has 20 heavy (non-hydrogen) atoms. The van der Waals surface area contributed by atoms with Crippen molar-refractivity contribution < 1.29 is 0 Å². The van der Waals surface area contributed by atoms with Crippen LogP contribution in [0.1, 0.15) is 24.3 Å². The maximum Gasteiger partial charge on any atom is 0.325 e. The van der Waals surface area contributed by atoms with Crippen molar-refractivity contribution in [1.29, 1.82) is 0 Å². The number of H-pyrrole nitrogens is 2. The SMILES string of the molecule is O=c1[nH]cc(-c2cc(C3CC3)c3ncnn3n2)c(=O)[nH]1. The molecule has 8 nitrogen and oxygen atoms in total. The Bertz CT molecular complexity index is 917. The van der Waals surface area contributed by atoms with Gasteiger partial charge in [-0.15, -0.1) is 14.8 Å². The summed E-state index contributed by atoms with van der Waals surface area (Å²) in [6.07, 6.45) is 5.01. The molecule has 0 unspecified atom stereocenters. The molecule has 1 saturated carbocycles. The first kappa shape index (κ1) is 11.1. The van der Waals surface area contributed by atoms with E-state index in [-0.39, 0.29) is 0 Å². The summed E-state index contributed by atoms with van der Waals surface area (Å²) in [7, 11) is 0. The molecule has 1 aliphatic carbocycles. The van der Waals surface area contributed by atoms with Gasteiger partial charge in [0.15, 0.2) is 5.65 Å². The van der Waals surface area contributed by atoms with Crippen molar-refractivity contribution in [2.75, 3.05) is 0 Å². The van der Waals surface area contributed by atoms with E-state index in [0.29, 0.717) is 17.2 Å². The van der Waals surface area contributed by atoms with Crippen LogP contribution < -0.4 is 11.2 Å². The van der Waals surface area contributed by atoms with E-state index < -0.39 is 11.2 Å². The van der Waals surface area contributed by atoms with Crippen LogP contribution in [0, 0.1) is 0 Å². The molecular formula is C12H10N6O2. The molecular weight excluding hydrogens is 260 g/mol. The Morgan fingerprint density at radius 1 is 1.30 bits per heavy atom. The second-order valence-corrected chi connectivity index (χ2v) is 4.82. The summed E-state index contributed by atoms with van der Waals surface area (Å²) in [5.41, 5.74) is 1.53. The van der Waals surface area contributed by atoms with E-state index in [0.717, 1.165) is 24.1 Å². The monoisotopic (exact) mass is 270 g/mol. The Labute approximate surface area is 111 Å². The van der Waals surface area contributed by atoms with Gasteiger partial charge in [-0.3, -0.25) is 9.78 Å². The number of nitrogens with zero attached hydrogens (tertiary/aromatic N) is 4. The molecule has 3 aromatic heterocycles. The van der Waals surface area contributed by atoms with Crippen LogP contribution in [0.5, 0.6) is 0 Å². The third-order valence-electron chi connectivity index (χ3n) is 3.40. The van der Waals surface area contributed by atoms with Crippen molar-refractivity contribution in [2.24, 2.45) is 0 Å². The van der Waals surface area contributed by atoms with Crippen molar-refractivity contribution in [3.05, 3.63) is 45.0 Å². The van der Waals surface area contributed by atoms with Crippen LogP contribution in [-0.2, 0) is 0 Å². The van der Waals surface area contributed by atoms with Crippen molar-refractivity contribution in [3.8, 4) is 11.3 Å². The molecule has 2 N–H and O–H groups in total. The fraction of sp³-hybridized carbons (Fsp3) is 0.250. The van der Waals surface area contributed by atoms with Crippen LogP contribution in [0.2, 0.25) is 0 Å². The Hall–Kier alpha value is -2.77. The minimum atomic E-state index is -0.539. The summed E-state index contributed by atoms with van der Waals surface area (Å²) in [6, 6.07) is 1.85. The van der Waals surface area contributed by atoms with Gasteiger partial charge in [0, 0.05) is 11.8 Å². The molecule has 0 spiro atoms. The predicted octanol–water partition coefficient (Wildman–Crippen LogP) is 0.0453. The second kappa shape index (κ2) is 3.86. The van der Waals surface area contributed by atoms with Gasteiger partial charge in [0.05, 0.1) is 5.56 Å². The molecule has 0 saturated heterocycles.